The average Bonchev–Trinajstić information content (AvgIpc) is 2.95. The van der Waals surface area contributed by atoms with Gasteiger partial charge in [0.05, 0.1) is 10.2 Å². The summed E-state index contributed by atoms with van der Waals surface area (Å²) in [5, 5.41) is 0.643. The Hall–Kier alpha value is -2.60. The van der Waals surface area contributed by atoms with Crippen LogP contribution in [0.2, 0.25) is 0 Å². The molecule has 22 heavy (non-hydrogen) atoms. The van der Waals surface area contributed by atoms with E-state index in [1.807, 2.05) is 55.5 Å². The number of hydrazine groups is 1. The van der Waals surface area contributed by atoms with Gasteiger partial charge < -0.3 is 4.74 Å². The van der Waals surface area contributed by atoms with Crippen molar-refractivity contribution in [3.8, 4) is 5.75 Å². The highest BCUT2D eigenvalue weighted by atomic mass is 32.1. The predicted octanol–water partition coefficient (Wildman–Crippen LogP) is 3.13. The molecular weight excluding hydrogens is 298 g/mol. The molecule has 0 saturated heterocycles. The summed E-state index contributed by atoms with van der Waals surface area (Å²) in [7, 11) is 0. The van der Waals surface area contributed by atoms with Crippen LogP contribution >= 0.6 is 11.3 Å². The van der Waals surface area contributed by atoms with Gasteiger partial charge in [-0.25, -0.2) is 4.98 Å². The monoisotopic (exact) mass is 313 g/mol. The summed E-state index contributed by atoms with van der Waals surface area (Å²) in [4.78, 5) is 16.1. The predicted molar refractivity (Wildman–Crippen MR) is 88.1 cm³/mol. The lowest BCUT2D eigenvalue weighted by Crippen LogP contribution is -2.33. The lowest BCUT2D eigenvalue weighted by atomic mass is 10.2. The number of hydrogen-bond acceptors (Lipinski definition) is 5. The number of aryl methyl sites for hydroxylation is 1. The Bertz CT molecular complexity index is 750. The van der Waals surface area contributed by atoms with Crippen LogP contribution in [0.4, 0.5) is 5.13 Å². The van der Waals surface area contributed by atoms with Gasteiger partial charge in [0.25, 0.3) is 5.91 Å². The molecule has 1 amide bonds. The van der Waals surface area contributed by atoms with Crippen molar-refractivity contribution < 1.29 is 9.53 Å². The number of anilines is 1. The van der Waals surface area contributed by atoms with Crippen LogP contribution in [0.1, 0.15) is 5.56 Å². The molecule has 6 heteroatoms. The maximum atomic E-state index is 11.8. The molecule has 3 rings (SSSR count). The number of para-hydroxylation sites is 1. The van der Waals surface area contributed by atoms with Crippen molar-refractivity contribution in [2.24, 2.45) is 0 Å². The molecule has 0 fully saturated rings. The summed E-state index contributed by atoms with van der Waals surface area (Å²) in [5.41, 5.74) is 7.43. The summed E-state index contributed by atoms with van der Waals surface area (Å²) in [5.74, 6) is 0.403. The number of hydrogen-bond donors (Lipinski definition) is 2. The molecule has 3 aromatic rings. The number of nitrogens with one attached hydrogen (secondary N) is 2. The first-order valence-electron chi connectivity index (χ1n) is 6.80. The van der Waals surface area contributed by atoms with Crippen LogP contribution in [0.3, 0.4) is 0 Å². The van der Waals surface area contributed by atoms with E-state index in [2.05, 4.69) is 15.8 Å². The molecule has 0 bridgehead atoms. The van der Waals surface area contributed by atoms with Crippen LogP contribution in [0.25, 0.3) is 10.2 Å². The average molecular weight is 313 g/mol. The zero-order chi connectivity index (χ0) is 15.4. The molecule has 0 spiro atoms. The molecule has 2 N–H and O–H groups in total. The molecule has 0 saturated carbocycles. The highest BCUT2D eigenvalue weighted by Crippen LogP contribution is 2.24. The second-order valence-electron chi connectivity index (χ2n) is 4.76. The third-order valence-electron chi connectivity index (χ3n) is 2.99. The quantitative estimate of drug-likeness (QED) is 0.710. The zero-order valence-electron chi connectivity index (χ0n) is 12.0. The van der Waals surface area contributed by atoms with E-state index >= 15 is 0 Å². The second kappa shape index (κ2) is 6.44. The smallest absolute Gasteiger partial charge is 0.276 e. The highest BCUT2D eigenvalue weighted by Gasteiger charge is 2.05. The van der Waals surface area contributed by atoms with Crippen molar-refractivity contribution in [2.75, 3.05) is 12.0 Å². The topological polar surface area (TPSA) is 63.2 Å². The normalized spacial score (nSPS) is 10.4. The summed E-state index contributed by atoms with van der Waals surface area (Å²) >= 11 is 1.48. The molecule has 0 aliphatic rings. The zero-order valence-corrected chi connectivity index (χ0v) is 12.8. The first kappa shape index (κ1) is 14.3. The van der Waals surface area contributed by atoms with Gasteiger partial charge in [-0.05, 0) is 31.2 Å². The summed E-state index contributed by atoms with van der Waals surface area (Å²) in [6.07, 6.45) is 0. The van der Waals surface area contributed by atoms with E-state index in [0.29, 0.717) is 10.9 Å². The van der Waals surface area contributed by atoms with Crippen molar-refractivity contribution in [1.82, 2.24) is 10.4 Å². The van der Waals surface area contributed by atoms with Gasteiger partial charge in [0, 0.05) is 0 Å². The van der Waals surface area contributed by atoms with Gasteiger partial charge in [0.1, 0.15) is 5.75 Å². The molecule has 5 nitrogen and oxygen atoms in total. The number of nitrogens with zero attached hydrogens (tertiary/aromatic N) is 1. The molecule has 1 aromatic heterocycles. The van der Waals surface area contributed by atoms with Crippen molar-refractivity contribution in [3.05, 3.63) is 54.1 Å². The Labute approximate surface area is 131 Å². The van der Waals surface area contributed by atoms with E-state index in [-0.39, 0.29) is 12.5 Å². The van der Waals surface area contributed by atoms with Crippen molar-refractivity contribution in [2.45, 2.75) is 6.92 Å². The number of thiazole rings is 1. The SMILES string of the molecule is Cc1ccc(OCC(=O)NNc2nc3ccccc3s2)cc1. The molecule has 112 valence electrons. The van der Waals surface area contributed by atoms with E-state index in [0.717, 1.165) is 15.8 Å². The van der Waals surface area contributed by atoms with Crippen LogP contribution in [-0.4, -0.2) is 17.5 Å². The molecule has 1 heterocycles. The fraction of sp³-hybridized carbons (Fsp3) is 0.125. The number of rotatable bonds is 5. The number of amides is 1. The second-order valence-corrected chi connectivity index (χ2v) is 5.79. The van der Waals surface area contributed by atoms with Crippen LogP contribution in [0.15, 0.2) is 48.5 Å². The van der Waals surface area contributed by atoms with Gasteiger partial charge in [-0.1, -0.05) is 41.2 Å². The van der Waals surface area contributed by atoms with Crippen LogP contribution < -0.4 is 15.6 Å². The highest BCUT2D eigenvalue weighted by molar-refractivity contribution is 7.22. The fourth-order valence-electron chi connectivity index (χ4n) is 1.87. The summed E-state index contributed by atoms with van der Waals surface area (Å²) in [6, 6.07) is 15.4. The lowest BCUT2D eigenvalue weighted by Gasteiger charge is -2.07. The Morgan fingerprint density at radius 2 is 1.95 bits per heavy atom. The number of carbonyl (C=O) groups is 1. The van der Waals surface area contributed by atoms with Gasteiger partial charge in [0.2, 0.25) is 5.13 Å². The minimum absolute atomic E-state index is 0.0546. The molecular formula is C16H15N3O2S. The largest absolute Gasteiger partial charge is 0.484 e. The third-order valence-corrected chi connectivity index (χ3v) is 3.95. The van der Waals surface area contributed by atoms with Gasteiger partial charge in [0.15, 0.2) is 6.61 Å². The fourth-order valence-corrected chi connectivity index (χ4v) is 2.69. The molecule has 0 atom stereocenters. The minimum Gasteiger partial charge on any atom is -0.484 e. The van der Waals surface area contributed by atoms with Crippen molar-refractivity contribution >= 4 is 32.6 Å². The molecule has 2 aromatic carbocycles. The van der Waals surface area contributed by atoms with Crippen molar-refractivity contribution in [3.63, 3.8) is 0 Å². The molecule has 0 aliphatic heterocycles. The number of benzene rings is 2. The maximum absolute atomic E-state index is 11.8. The van der Waals surface area contributed by atoms with E-state index in [1.54, 1.807) is 0 Å². The first-order valence-corrected chi connectivity index (χ1v) is 7.62. The molecule has 0 radical (unpaired) electrons. The van der Waals surface area contributed by atoms with Crippen LogP contribution in [0, 0.1) is 6.92 Å². The maximum Gasteiger partial charge on any atom is 0.276 e. The summed E-state index contributed by atoms with van der Waals surface area (Å²) in [6.45, 7) is 1.94. The summed E-state index contributed by atoms with van der Waals surface area (Å²) < 4.78 is 6.47. The van der Waals surface area contributed by atoms with Gasteiger partial charge in [-0.15, -0.1) is 0 Å². The van der Waals surface area contributed by atoms with Gasteiger partial charge in [-0.2, -0.15) is 0 Å². The Kier molecular flexibility index (Phi) is 4.20. The van der Waals surface area contributed by atoms with E-state index < -0.39 is 0 Å². The Morgan fingerprint density at radius 1 is 1.18 bits per heavy atom. The molecule has 0 unspecified atom stereocenters. The standard InChI is InChI=1S/C16H15N3O2S/c1-11-6-8-12(9-7-11)21-10-15(20)18-19-16-17-13-4-2-3-5-14(13)22-16/h2-9H,10H2,1H3,(H,17,19)(H,18,20). The molecule has 0 aliphatic carbocycles. The first-order chi connectivity index (χ1) is 10.7. The lowest BCUT2D eigenvalue weighted by molar-refractivity contribution is -0.122. The van der Waals surface area contributed by atoms with Gasteiger partial charge in [-0.3, -0.25) is 15.6 Å². The Balaban J connectivity index is 1.50. The third kappa shape index (κ3) is 3.53. The minimum atomic E-state index is -0.264. The van der Waals surface area contributed by atoms with Crippen LogP contribution in [0.5, 0.6) is 5.75 Å². The number of aromatic nitrogens is 1. The van der Waals surface area contributed by atoms with E-state index in [9.17, 15) is 4.79 Å². The van der Waals surface area contributed by atoms with Gasteiger partial charge >= 0.3 is 0 Å². The van der Waals surface area contributed by atoms with Crippen LogP contribution in [-0.2, 0) is 4.79 Å². The number of fused-ring (bicyclic) bond motifs is 1. The number of carbonyl (C=O) groups excluding carboxylic acids is 1. The van der Waals surface area contributed by atoms with Crippen molar-refractivity contribution in [1.29, 1.82) is 0 Å². The number of ether oxygens (including phenoxy) is 1. The van der Waals surface area contributed by atoms with E-state index in [4.69, 9.17) is 4.74 Å². The van der Waals surface area contributed by atoms with E-state index in [1.165, 1.54) is 11.3 Å². The Morgan fingerprint density at radius 3 is 2.73 bits per heavy atom.